The van der Waals surface area contributed by atoms with Crippen LogP contribution in [0.3, 0.4) is 0 Å². The van der Waals surface area contributed by atoms with Gasteiger partial charge in [0.1, 0.15) is 0 Å². The highest BCUT2D eigenvalue weighted by Gasteiger charge is 2.30. The van der Waals surface area contributed by atoms with Crippen molar-refractivity contribution in [3.8, 4) is 0 Å². The molecular formula is C25H26N2O2. The Morgan fingerprint density at radius 1 is 1.07 bits per heavy atom. The number of carbonyl (C=O) groups is 2. The second-order valence-electron chi connectivity index (χ2n) is 8.45. The minimum Gasteiger partial charge on any atom is -0.350 e. The molecule has 4 heteroatoms. The second kappa shape index (κ2) is 7.18. The van der Waals surface area contributed by atoms with E-state index in [-0.39, 0.29) is 11.7 Å². The number of likely N-dealkylation sites (tertiary alicyclic amines) is 1. The van der Waals surface area contributed by atoms with Gasteiger partial charge in [0, 0.05) is 60.7 Å². The van der Waals surface area contributed by atoms with Gasteiger partial charge in [0.25, 0.3) is 5.91 Å². The Balaban J connectivity index is 1.39. The summed E-state index contributed by atoms with van der Waals surface area (Å²) in [5.74, 6) is 0.585. The number of carbonyl (C=O) groups excluding carboxylic acids is 2. The van der Waals surface area contributed by atoms with Crippen LogP contribution in [0.15, 0.2) is 48.7 Å². The van der Waals surface area contributed by atoms with Crippen LogP contribution in [0.2, 0.25) is 0 Å². The minimum absolute atomic E-state index is 0.0487. The normalized spacial score (nSPS) is 19.4. The molecule has 2 aromatic carbocycles. The van der Waals surface area contributed by atoms with E-state index < -0.39 is 0 Å². The van der Waals surface area contributed by atoms with Gasteiger partial charge in [-0.05, 0) is 55.0 Å². The molecule has 2 heterocycles. The highest BCUT2D eigenvalue weighted by molar-refractivity contribution is 6.02. The first-order chi connectivity index (χ1) is 14.1. The number of amides is 1. The summed E-state index contributed by atoms with van der Waals surface area (Å²) in [5, 5.41) is 1.28. The fourth-order valence-electron chi connectivity index (χ4n) is 5.00. The summed E-state index contributed by atoms with van der Waals surface area (Å²) in [6, 6.07) is 14.2. The highest BCUT2D eigenvalue weighted by atomic mass is 16.2. The number of aromatic nitrogens is 1. The summed E-state index contributed by atoms with van der Waals surface area (Å²) in [5.41, 5.74) is 5.07. The Morgan fingerprint density at radius 2 is 1.90 bits per heavy atom. The average Bonchev–Trinajstić information content (AvgIpc) is 3.31. The monoisotopic (exact) mass is 386 g/mol. The third-order valence-corrected chi connectivity index (χ3v) is 6.60. The van der Waals surface area contributed by atoms with E-state index in [1.165, 1.54) is 16.5 Å². The molecule has 1 saturated heterocycles. The number of Topliss-reactive ketones (excluding diaryl/α,β-unsaturated/α-hetero) is 1. The second-order valence-corrected chi connectivity index (χ2v) is 8.45. The van der Waals surface area contributed by atoms with E-state index >= 15 is 0 Å². The van der Waals surface area contributed by atoms with Crippen molar-refractivity contribution in [2.24, 2.45) is 7.05 Å². The van der Waals surface area contributed by atoms with Gasteiger partial charge in [-0.1, -0.05) is 24.3 Å². The van der Waals surface area contributed by atoms with E-state index in [9.17, 15) is 9.59 Å². The Labute approximate surface area is 171 Å². The lowest BCUT2D eigenvalue weighted by Crippen LogP contribution is -2.28. The molecule has 1 amide bonds. The summed E-state index contributed by atoms with van der Waals surface area (Å²) in [7, 11) is 2.08. The topological polar surface area (TPSA) is 42.3 Å². The lowest BCUT2D eigenvalue weighted by molar-refractivity contribution is 0.0791. The largest absolute Gasteiger partial charge is 0.350 e. The van der Waals surface area contributed by atoms with Crippen LogP contribution in [0.4, 0.5) is 0 Å². The van der Waals surface area contributed by atoms with E-state index in [1.54, 1.807) is 0 Å². The zero-order valence-corrected chi connectivity index (χ0v) is 16.9. The van der Waals surface area contributed by atoms with Gasteiger partial charge in [0.2, 0.25) is 0 Å². The van der Waals surface area contributed by atoms with Gasteiger partial charge in [0.05, 0.1) is 0 Å². The number of aryl methyl sites for hydroxylation is 2. The van der Waals surface area contributed by atoms with E-state index in [1.807, 2.05) is 23.1 Å². The Bertz CT molecular complexity index is 1110. The molecule has 148 valence electrons. The molecule has 1 atom stereocenters. The Hall–Kier alpha value is -2.88. The standard InChI is InChI=1S/C25H26N2O2/c1-26-16-22(20-7-3-4-8-23(20)26)19-12-13-27(15-19)25(29)18-11-10-17-6-2-5-9-24(28)21(17)14-18/h3-4,7-8,10-11,14,16,19H,2,5-6,9,12-13,15H2,1H3. The summed E-state index contributed by atoms with van der Waals surface area (Å²) >= 11 is 0. The van der Waals surface area contributed by atoms with Gasteiger partial charge in [-0.3, -0.25) is 9.59 Å². The van der Waals surface area contributed by atoms with Gasteiger partial charge < -0.3 is 9.47 Å². The van der Waals surface area contributed by atoms with Gasteiger partial charge >= 0.3 is 0 Å². The molecular weight excluding hydrogens is 360 g/mol. The molecule has 0 spiro atoms. The predicted molar refractivity (Wildman–Crippen MR) is 115 cm³/mol. The summed E-state index contributed by atoms with van der Waals surface area (Å²) in [6.45, 7) is 1.50. The zero-order chi connectivity index (χ0) is 20.0. The first-order valence-corrected chi connectivity index (χ1v) is 10.6. The maximum absolute atomic E-state index is 13.2. The third kappa shape index (κ3) is 3.17. The molecule has 1 aliphatic heterocycles. The van der Waals surface area contributed by atoms with Crippen LogP contribution in [0, 0.1) is 0 Å². The van der Waals surface area contributed by atoms with Crippen LogP contribution in [0.25, 0.3) is 10.9 Å². The van der Waals surface area contributed by atoms with Gasteiger partial charge in [-0.25, -0.2) is 0 Å². The molecule has 4 nitrogen and oxygen atoms in total. The molecule has 0 saturated carbocycles. The van der Waals surface area contributed by atoms with Crippen molar-refractivity contribution in [1.29, 1.82) is 0 Å². The molecule has 29 heavy (non-hydrogen) atoms. The van der Waals surface area contributed by atoms with Crippen molar-refractivity contribution in [1.82, 2.24) is 9.47 Å². The van der Waals surface area contributed by atoms with Crippen LogP contribution in [-0.4, -0.2) is 34.2 Å². The smallest absolute Gasteiger partial charge is 0.253 e. The number of para-hydroxylation sites is 1. The predicted octanol–water partition coefficient (Wildman–Crippen LogP) is 4.72. The zero-order valence-electron chi connectivity index (χ0n) is 16.9. The average molecular weight is 386 g/mol. The van der Waals surface area contributed by atoms with E-state index in [2.05, 4.69) is 42.1 Å². The number of benzene rings is 2. The van der Waals surface area contributed by atoms with Crippen LogP contribution in [-0.2, 0) is 13.5 Å². The molecule has 0 N–H and O–H groups in total. The maximum Gasteiger partial charge on any atom is 0.253 e. The Kier molecular flexibility index (Phi) is 4.50. The number of nitrogens with zero attached hydrogens (tertiary/aromatic N) is 2. The Morgan fingerprint density at radius 3 is 2.79 bits per heavy atom. The maximum atomic E-state index is 13.2. The van der Waals surface area contributed by atoms with Crippen LogP contribution in [0.1, 0.15) is 63.4 Å². The molecule has 1 fully saturated rings. The lowest BCUT2D eigenvalue weighted by atomic mass is 9.97. The van der Waals surface area contributed by atoms with Crippen molar-refractivity contribution in [2.75, 3.05) is 13.1 Å². The van der Waals surface area contributed by atoms with E-state index in [0.717, 1.165) is 49.9 Å². The van der Waals surface area contributed by atoms with Crippen molar-refractivity contribution in [3.63, 3.8) is 0 Å². The fourth-order valence-corrected chi connectivity index (χ4v) is 5.00. The summed E-state index contributed by atoms with van der Waals surface area (Å²) in [6.07, 6.45) is 6.70. The molecule has 1 unspecified atom stereocenters. The van der Waals surface area contributed by atoms with E-state index in [0.29, 0.717) is 17.9 Å². The fraction of sp³-hybridized carbons (Fsp3) is 0.360. The van der Waals surface area contributed by atoms with Crippen molar-refractivity contribution < 1.29 is 9.59 Å². The summed E-state index contributed by atoms with van der Waals surface area (Å²) < 4.78 is 2.17. The lowest BCUT2D eigenvalue weighted by Gasteiger charge is -2.17. The highest BCUT2D eigenvalue weighted by Crippen LogP contribution is 2.34. The van der Waals surface area contributed by atoms with Crippen molar-refractivity contribution >= 4 is 22.6 Å². The quantitative estimate of drug-likeness (QED) is 0.598. The molecule has 5 rings (SSSR count). The summed E-state index contributed by atoms with van der Waals surface area (Å²) in [4.78, 5) is 27.6. The number of hydrogen-bond donors (Lipinski definition) is 0. The SMILES string of the molecule is Cn1cc(C2CCN(C(=O)c3ccc4c(c3)C(=O)CCCC4)C2)c2ccccc21. The van der Waals surface area contributed by atoms with Crippen LogP contribution >= 0.6 is 0 Å². The minimum atomic E-state index is 0.0487. The molecule has 0 radical (unpaired) electrons. The molecule has 3 aromatic rings. The molecule has 1 aromatic heterocycles. The van der Waals surface area contributed by atoms with Gasteiger partial charge in [0.15, 0.2) is 5.78 Å². The van der Waals surface area contributed by atoms with Crippen molar-refractivity contribution in [3.05, 3.63) is 70.9 Å². The van der Waals surface area contributed by atoms with Gasteiger partial charge in [-0.15, -0.1) is 0 Å². The number of fused-ring (bicyclic) bond motifs is 2. The molecule has 1 aliphatic carbocycles. The van der Waals surface area contributed by atoms with Crippen LogP contribution < -0.4 is 0 Å². The van der Waals surface area contributed by atoms with E-state index in [4.69, 9.17) is 0 Å². The third-order valence-electron chi connectivity index (χ3n) is 6.60. The number of rotatable bonds is 2. The first-order valence-electron chi connectivity index (χ1n) is 10.6. The van der Waals surface area contributed by atoms with Crippen LogP contribution in [0.5, 0.6) is 0 Å². The van der Waals surface area contributed by atoms with Gasteiger partial charge in [-0.2, -0.15) is 0 Å². The molecule has 0 bridgehead atoms. The first kappa shape index (κ1) is 18.2. The molecule has 2 aliphatic rings. The van der Waals surface area contributed by atoms with Crippen molar-refractivity contribution in [2.45, 2.75) is 38.0 Å². The number of ketones is 1. The number of hydrogen-bond acceptors (Lipinski definition) is 2.